The zero-order valence-electron chi connectivity index (χ0n) is 14.5. The highest BCUT2D eigenvalue weighted by Gasteiger charge is 2.30. The summed E-state index contributed by atoms with van der Waals surface area (Å²) in [6, 6.07) is 0. The molecule has 0 aromatic rings. The summed E-state index contributed by atoms with van der Waals surface area (Å²) in [6.07, 6.45) is 4.37. The van der Waals surface area contributed by atoms with Gasteiger partial charge in [-0.05, 0) is 36.7 Å². The van der Waals surface area contributed by atoms with Gasteiger partial charge in [-0.25, -0.2) is 0 Å². The fraction of sp³-hybridized carbons (Fsp3) is 0.824. The lowest BCUT2D eigenvalue weighted by Crippen LogP contribution is -2.50. The van der Waals surface area contributed by atoms with E-state index in [-0.39, 0.29) is 5.91 Å². The van der Waals surface area contributed by atoms with Crippen molar-refractivity contribution in [1.82, 2.24) is 15.1 Å². The molecule has 0 bridgehead atoms. The quantitative estimate of drug-likeness (QED) is 0.495. The van der Waals surface area contributed by atoms with Crippen molar-refractivity contribution in [3.8, 4) is 0 Å². The normalized spacial score (nSPS) is 25.3. The maximum Gasteiger partial charge on any atom is 0.248 e. The van der Waals surface area contributed by atoms with Crippen molar-refractivity contribution >= 4 is 5.91 Å². The van der Waals surface area contributed by atoms with Crippen LogP contribution in [0.4, 0.5) is 0 Å². The Kier molecular flexibility index (Phi) is 6.19. The molecule has 2 unspecified atom stereocenters. The summed E-state index contributed by atoms with van der Waals surface area (Å²) in [4.78, 5) is 15.0. The largest absolute Gasteiger partial charge is 0.370 e. The number of hydrogen-bond acceptors (Lipinski definition) is 5. The monoisotopic (exact) mass is 325 g/mol. The first-order valence-electron chi connectivity index (χ1n) is 8.61. The molecule has 2 heterocycles. The fourth-order valence-corrected chi connectivity index (χ4v) is 3.36. The van der Waals surface area contributed by atoms with Gasteiger partial charge in [0.1, 0.15) is 6.23 Å². The van der Waals surface area contributed by atoms with E-state index in [1.807, 2.05) is 0 Å². The molecule has 0 radical (unpaired) electrons. The second-order valence-electron chi connectivity index (χ2n) is 7.66. The summed E-state index contributed by atoms with van der Waals surface area (Å²) in [5, 5.41) is 22.9. The number of piperidine rings is 1. The first-order valence-corrected chi connectivity index (χ1v) is 8.61. The number of carbonyl (C=O) groups is 1. The van der Waals surface area contributed by atoms with Crippen LogP contribution in [0, 0.1) is 11.3 Å². The Hall–Kier alpha value is -0.950. The van der Waals surface area contributed by atoms with Crippen LogP contribution in [0.15, 0.2) is 12.2 Å². The van der Waals surface area contributed by atoms with Gasteiger partial charge < -0.3 is 15.1 Å². The predicted octanol–water partition coefficient (Wildman–Crippen LogP) is 0.717. The molecule has 132 valence electrons. The second-order valence-corrected chi connectivity index (χ2v) is 7.66. The Balaban J connectivity index is 1.62. The third kappa shape index (κ3) is 5.01. The molecular formula is C17H31N3O3. The average Bonchev–Trinajstić information content (AvgIpc) is 2.82. The Morgan fingerprint density at radius 1 is 1.35 bits per heavy atom. The number of nitrogens with one attached hydrogen (secondary N) is 1. The van der Waals surface area contributed by atoms with Crippen LogP contribution in [0.25, 0.3) is 0 Å². The summed E-state index contributed by atoms with van der Waals surface area (Å²) in [6.45, 7) is 9.75. The van der Waals surface area contributed by atoms with E-state index in [1.165, 1.54) is 17.1 Å². The van der Waals surface area contributed by atoms with E-state index in [9.17, 15) is 15.0 Å². The molecule has 2 aliphatic heterocycles. The van der Waals surface area contributed by atoms with Gasteiger partial charge in [-0.2, -0.15) is 0 Å². The third-order valence-corrected chi connectivity index (χ3v) is 5.02. The SMILES string of the molecule is CC(C)(C)C1CCN(C(O)NCCCN2C(=O)C=CC2O)CC1. The van der Waals surface area contributed by atoms with Crippen molar-refractivity contribution in [1.29, 1.82) is 0 Å². The zero-order chi connectivity index (χ0) is 17.0. The molecule has 6 heteroatoms. The van der Waals surface area contributed by atoms with Gasteiger partial charge in [0.05, 0.1) is 0 Å². The van der Waals surface area contributed by atoms with Crippen molar-refractivity contribution in [3.05, 3.63) is 12.2 Å². The van der Waals surface area contributed by atoms with Gasteiger partial charge in [0, 0.05) is 32.3 Å². The van der Waals surface area contributed by atoms with Gasteiger partial charge in [0.2, 0.25) is 5.91 Å². The van der Waals surface area contributed by atoms with E-state index in [2.05, 4.69) is 31.0 Å². The van der Waals surface area contributed by atoms with Crippen LogP contribution >= 0.6 is 0 Å². The zero-order valence-corrected chi connectivity index (χ0v) is 14.5. The molecule has 2 rings (SSSR count). The lowest BCUT2D eigenvalue weighted by atomic mass is 9.75. The average molecular weight is 325 g/mol. The number of likely N-dealkylation sites (tertiary alicyclic amines) is 1. The summed E-state index contributed by atoms with van der Waals surface area (Å²) < 4.78 is 0. The molecule has 1 amide bonds. The number of aliphatic hydroxyl groups is 2. The highest BCUT2D eigenvalue weighted by Crippen LogP contribution is 2.34. The van der Waals surface area contributed by atoms with Crippen LogP contribution in [0.5, 0.6) is 0 Å². The van der Waals surface area contributed by atoms with E-state index < -0.39 is 12.6 Å². The van der Waals surface area contributed by atoms with E-state index in [4.69, 9.17) is 0 Å². The van der Waals surface area contributed by atoms with Crippen LogP contribution in [-0.4, -0.2) is 64.7 Å². The molecule has 23 heavy (non-hydrogen) atoms. The van der Waals surface area contributed by atoms with Gasteiger partial charge in [-0.1, -0.05) is 20.8 Å². The van der Waals surface area contributed by atoms with Gasteiger partial charge in [-0.15, -0.1) is 0 Å². The Morgan fingerprint density at radius 3 is 2.52 bits per heavy atom. The summed E-state index contributed by atoms with van der Waals surface area (Å²) in [7, 11) is 0. The number of carbonyl (C=O) groups excluding carboxylic acids is 1. The first-order chi connectivity index (χ1) is 10.8. The van der Waals surface area contributed by atoms with Crippen LogP contribution in [0.3, 0.4) is 0 Å². The molecule has 0 aromatic heterocycles. The van der Waals surface area contributed by atoms with Gasteiger partial charge in [0.25, 0.3) is 0 Å². The predicted molar refractivity (Wildman–Crippen MR) is 89.2 cm³/mol. The topological polar surface area (TPSA) is 76.0 Å². The van der Waals surface area contributed by atoms with Gasteiger partial charge in [0.15, 0.2) is 6.35 Å². The maximum absolute atomic E-state index is 11.5. The molecule has 1 fully saturated rings. The highest BCUT2D eigenvalue weighted by atomic mass is 16.3. The van der Waals surface area contributed by atoms with Crippen LogP contribution in [0.2, 0.25) is 0 Å². The number of rotatable bonds is 6. The Labute approximate surface area is 139 Å². The number of nitrogens with zero attached hydrogens (tertiary/aromatic N) is 2. The summed E-state index contributed by atoms with van der Waals surface area (Å²) in [5.74, 6) is 0.559. The van der Waals surface area contributed by atoms with Crippen molar-refractivity contribution in [3.63, 3.8) is 0 Å². The van der Waals surface area contributed by atoms with E-state index in [1.54, 1.807) is 0 Å². The highest BCUT2D eigenvalue weighted by molar-refractivity contribution is 5.90. The van der Waals surface area contributed by atoms with Crippen molar-refractivity contribution in [2.24, 2.45) is 11.3 Å². The Bertz CT molecular complexity index is 425. The summed E-state index contributed by atoms with van der Waals surface area (Å²) in [5.41, 5.74) is 0.335. The molecular weight excluding hydrogens is 294 g/mol. The van der Waals surface area contributed by atoms with E-state index in [0.29, 0.717) is 30.8 Å². The van der Waals surface area contributed by atoms with Gasteiger partial charge >= 0.3 is 0 Å². The maximum atomic E-state index is 11.5. The lowest BCUT2D eigenvalue weighted by molar-refractivity contribution is -0.130. The smallest absolute Gasteiger partial charge is 0.248 e. The minimum Gasteiger partial charge on any atom is -0.370 e. The third-order valence-electron chi connectivity index (χ3n) is 5.02. The number of aliphatic hydroxyl groups excluding tert-OH is 2. The second kappa shape index (κ2) is 7.75. The molecule has 2 atom stereocenters. The minimum absolute atomic E-state index is 0.151. The van der Waals surface area contributed by atoms with Crippen molar-refractivity contribution < 1.29 is 15.0 Å². The van der Waals surface area contributed by atoms with Crippen LogP contribution < -0.4 is 5.32 Å². The van der Waals surface area contributed by atoms with Gasteiger partial charge in [-0.3, -0.25) is 15.0 Å². The Morgan fingerprint density at radius 2 is 2.00 bits per heavy atom. The molecule has 6 nitrogen and oxygen atoms in total. The molecule has 0 aliphatic carbocycles. The molecule has 0 aromatic carbocycles. The van der Waals surface area contributed by atoms with Crippen LogP contribution in [-0.2, 0) is 4.79 Å². The van der Waals surface area contributed by atoms with E-state index >= 15 is 0 Å². The first kappa shape index (κ1) is 18.4. The molecule has 3 N–H and O–H groups in total. The number of amides is 1. The molecule has 0 spiro atoms. The summed E-state index contributed by atoms with van der Waals surface area (Å²) >= 11 is 0. The molecule has 0 saturated carbocycles. The lowest BCUT2D eigenvalue weighted by Gasteiger charge is -2.40. The fourth-order valence-electron chi connectivity index (χ4n) is 3.36. The van der Waals surface area contributed by atoms with Crippen LogP contribution in [0.1, 0.15) is 40.0 Å². The number of hydrogen-bond donors (Lipinski definition) is 3. The molecule has 2 aliphatic rings. The standard InChI is InChI=1S/C17H31N3O3/c1-17(2,3)13-7-11-19(12-8-13)16(23)18-9-4-10-20-14(21)5-6-15(20)22/h5-6,13-14,16,18,21,23H,4,7-12H2,1-3H3. The van der Waals surface area contributed by atoms with Crippen molar-refractivity contribution in [2.75, 3.05) is 26.2 Å². The van der Waals surface area contributed by atoms with E-state index in [0.717, 1.165) is 25.9 Å². The minimum atomic E-state index is -0.802. The molecule has 1 saturated heterocycles. The van der Waals surface area contributed by atoms with Crippen molar-refractivity contribution in [2.45, 2.75) is 52.6 Å².